The third-order valence-corrected chi connectivity index (χ3v) is 3.90. The van der Waals surface area contributed by atoms with E-state index in [1.54, 1.807) is 0 Å². The Hall–Kier alpha value is 0.570. The molecule has 0 amide bonds. The summed E-state index contributed by atoms with van der Waals surface area (Å²) in [4.78, 5) is 33.2. The number of unbranched alkanes of at least 4 members (excludes halogenated alkanes) is 10. The summed E-state index contributed by atoms with van der Waals surface area (Å²) in [6, 6.07) is -1.29. The molecule has 3 N–H and O–H groups in total. The molecule has 0 aromatic heterocycles. The van der Waals surface area contributed by atoms with Gasteiger partial charge in [-0.3, -0.25) is 9.59 Å². The molecule has 0 aliphatic heterocycles. The first-order valence-electron chi connectivity index (χ1n) is 9.19. The molecule has 26 heavy (non-hydrogen) atoms. The van der Waals surface area contributed by atoms with E-state index >= 15 is 0 Å². The molecule has 1 atom stereocenters. The van der Waals surface area contributed by atoms with Gasteiger partial charge < -0.3 is 15.6 Å². The van der Waals surface area contributed by atoms with Crippen molar-refractivity contribution in [3.63, 3.8) is 0 Å². The van der Waals surface area contributed by atoms with Crippen LogP contribution in [0.25, 0.3) is 0 Å². The molecular formula is C18H35NNa2O5. The fraction of sp³-hybridized carbons (Fsp3) is 0.833. The first-order chi connectivity index (χ1) is 11.5. The Morgan fingerprint density at radius 2 is 1.27 bits per heavy atom. The van der Waals surface area contributed by atoms with Crippen LogP contribution in [0.1, 0.15) is 90.4 Å². The second-order valence-corrected chi connectivity index (χ2v) is 6.28. The van der Waals surface area contributed by atoms with Crippen LogP contribution in [-0.4, -0.2) is 88.2 Å². The van der Waals surface area contributed by atoms with Gasteiger partial charge in [0.15, 0.2) is 0 Å². The van der Waals surface area contributed by atoms with Crippen LogP contribution in [0.4, 0.5) is 0 Å². The van der Waals surface area contributed by atoms with Crippen molar-refractivity contribution in [3.8, 4) is 0 Å². The van der Waals surface area contributed by atoms with Crippen LogP contribution >= 0.6 is 0 Å². The second kappa shape index (κ2) is 21.9. The van der Waals surface area contributed by atoms with Crippen molar-refractivity contribution >= 4 is 77.0 Å². The Labute approximate surface area is 202 Å². The minimum absolute atomic E-state index is 0. The Balaban J connectivity index is -0.00000264. The summed E-state index contributed by atoms with van der Waals surface area (Å²) in [7, 11) is 0. The van der Waals surface area contributed by atoms with E-state index in [4.69, 9.17) is 10.8 Å². The van der Waals surface area contributed by atoms with Crippen molar-refractivity contribution in [2.45, 2.75) is 96.4 Å². The summed E-state index contributed by atoms with van der Waals surface area (Å²) in [5.74, 6) is -2.79. The molecule has 0 spiro atoms. The number of hydrogen-bond acceptors (Lipinski definition) is 5. The third kappa shape index (κ3) is 20.9. The monoisotopic (exact) mass is 391 g/mol. The summed E-state index contributed by atoms with van der Waals surface area (Å²) in [6.45, 7) is 2.22. The van der Waals surface area contributed by atoms with Gasteiger partial charge in [0.25, 0.3) is 0 Å². The molecule has 0 saturated heterocycles. The molecule has 0 aliphatic carbocycles. The van der Waals surface area contributed by atoms with Crippen LogP contribution in [-0.2, 0) is 19.1 Å². The summed E-state index contributed by atoms with van der Waals surface area (Å²) < 4.78 is 4.54. The molecule has 0 saturated carbocycles. The van der Waals surface area contributed by atoms with Crippen LogP contribution in [0.3, 0.4) is 0 Å². The topological polar surface area (TPSA) is 107 Å². The molecule has 1 unspecified atom stereocenters. The van der Waals surface area contributed by atoms with E-state index in [1.807, 2.05) is 0 Å². The molecule has 6 nitrogen and oxygen atoms in total. The van der Waals surface area contributed by atoms with E-state index in [9.17, 15) is 14.4 Å². The van der Waals surface area contributed by atoms with Gasteiger partial charge in [0, 0.05) is 6.42 Å². The maximum absolute atomic E-state index is 11.5. The minimum atomic E-state index is -1.29. The van der Waals surface area contributed by atoms with Gasteiger partial charge in [-0.1, -0.05) is 71.1 Å². The van der Waals surface area contributed by atoms with E-state index < -0.39 is 30.4 Å². The number of nitrogens with two attached hydrogens (primary N) is 1. The van der Waals surface area contributed by atoms with Gasteiger partial charge in [0.05, 0.1) is 6.42 Å². The zero-order valence-corrected chi connectivity index (χ0v) is 14.9. The first kappa shape index (κ1) is 31.3. The summed E-state index contributed by atoms with van der Waals surface area (Å²) >= 11 is 0. The van der Waals surface area contributed by atoms with Crippen LogP contribution in [0.5, 0.6) is 0 Å². The second-order valence-electron chi connectivity index (χ2n) is 6.28. The van der Waals surface area contributed by atoms with Crippen molar-refractivity contribution < 1.29 is 24.2 Å². The normalized spacial score (nSPS) is 11.0. The molecule has 0 aromatic carbocycles. The van der Waals surface area contributed by atoms with Crippen molar-refractivity contribution in [2.24, 2.45) is 5.73 Å². The van der Waals surface area contributed by atoms with Gasteiger partial charge >= 0.3 is 77.0 Å². The molecule has 8 heteroatoms. The number of carbonyl (C=O) groups is 3. The predicted octanol–water partition coefficient (Wildman–Crippen LogP) is 2.26. The number of carboxylic acids is 1. The molecule has 0 radical (unpaired) electrons. The van der Waals surface area contributed by atoms with Gasteiger partial charge in [0.2, 0.25) is 0 Å². The maximum atomic E-state index is 11.5. The van der Waals surface area contributed by atoms with Gasteiger partial charge in [-0.05, 0) is 6.42 Å². The number of carboxylic acid groups (broad SMARTS) is 1. The van der Waals surface area contributed by atoms with Crippen LogP contribution in [0.15, 0.2) is 0 Å². The summed E-state index contributed by atoms with van der Waals surface area (Å²) in [5, 5.41) is 8.51. The van der Waals surface area contributed by atoms with Crippen molar-refractivity contribution in [1.82, 2.24) is 0 Å². The SMILES string of the molecule is CCCCCCCCCCCCCC(=O)OC(=O)C(N)CC(=O)O.[NaH].[NaH]. The standard InChI is InChI=1S/C18H33NO5.2Na.2H/c1-2-3-4-5-6-7-8-9-10-11-12-13-17(22)24-18(23)15(19)14-16(20)21;;;;/h15H,2-14,19H2,1H3,(H,20,21);;;;. The number of rotatable bonds is 15. The fourth-order valence-electron chi connectivity index (χ4n) is 2.44. The molecule has 0 heterocycles. The zero-order valence-electron chi connectivity index (χ0n) is 14.9. The molecule has 0 rings (SSSR count). The molecular weight excluding hydrogens is 356 g/mol. The number of aliphatic carboxylic acids is 1. The Morgan fingerprint density at radius 3 is 1.69 bits per heavy atom. The summed E-state index contributed by atoms with van der Waals surface area (Å²) in [5.41, 5.74) is 5.32. The quantitative estimate of drug-likeness (QED) is 0.192. The predicted molar refractivity (Wildman–Crippen MR) is 107 cm³/mol. The third-order valence-electron chi connectivity index (χ3n) is 3.90. The Morgan fingerprint density at radius 1 is 0.846 bits per heavy atom. The van der Waals surface area contributed by atoms with E-state index in [-0.39, 0.29) is 65.5 Å². The number of ether oxygens (including phenoxy) is 1. The van der Waals surface area contributed by atoms with E-state index in [2.05, 4.69) is 11.7 Å². The number of carbonyl (C=O) groups excluding carboxylic acids is 2. The Kier molecular flexibility index (Phi) is 26.3. The van der Waals surface area contributed by atoms with Crippen molar-refractivity contribution in [3.05, 3.63) is 0 Å². The number of esters is 2. The first-order valence-corrected chi connectivity index (χ1v) is 9.19. The molecule has 0 aromatic rings. The molecule has 144 valence electrons. The van der Waals surface area contributed by atoms with Gasteiger partial charge in [0.1, 0.15) is 6.04 Å². The van der Waals surface area contributed by atoms with Crippen molar-refractivity contribution in [2.75, 3.05) is 0 Å². The number of hydrogen-bond donors (Lipinski definition) is 2. The van der Waals surface area contributed by atoms with Crippen LogP contribution in [0, 0.1) is 0 Å². The van der Waals surface area contributed by atoms with Crippen LogP contribution < -0.4 is 5.73 Å². The van der Waals surface area contributed by atoms with E-state index in [0.29, 0.717) is 6.42 Å². The van der Waals surface area contributed by atoms with E-state index in [1.165, 1.54) is 51.4 Å². The summed E-state index contributed by atoms with van der Waals surface area (Å²) in [6.07, 6.45) is 12.6. The molecule has 0 aliphatic rings. The zero-order chi connectivity index (χ0) is 18.2. The average molecular weight is 391 g/mol. The average Bonchev–Trinajstić information content (AvgIpc) is 2.51. The van der Waals surface area contributed by atoms with Crippen LogP contribution in [0.2, 0.25) is 0 Å². The molecule has 0 fully saturated rings. The van der Waals surface area contributed by atoms with E-state index in [0.717, 1.165) is 12.8 Å². The van der Waals surface area contributed by atoms with Gasteiger partial charge in [-0.2, -0.15) is 0 Å². The van der Waals surface area contributed by atoms with Gasteiger partial charge in [-0.25, -0.2) is 4.79 Å². The molecule has 0 bridgehead atoms. The van der Waals surface area contributed by atoms with Gasteiger partial charge in [-0.15, -0.1) is 0 Å². The van der Waals surface area contributed by atoms with Crippen molar-refractivity contribution in [1.29, 1.82) is 0 Å². The fourth-order valence-corrected chi connectivity index (χ4v) is 2.44. The Bertz CT molecular complexity index is 381.